The zero-order chi connectivity index (χ0) is 26.6. The Hall–Kier alpha value is -3.37. The summed E-state index contributed by atoms with van der Waals surface area (Å²) in [4.78, 5) is 30.4. The zero-order valence-corrected chi connectivity index (χ0v) is 23.2. The monoisotopic (exact) mass is 579 g/mol. The molecule has 2 bridgehead atoms. The van der Waals surface area contributed by atoms with Crippen molar-refractivity contribution >= 4 is 50.0 Å². The summed E-state index contributed by atoms with van der Waals surface area (Å²) in [6.07, 6.45) is 0.722. The number of aliphatic imine (C=N–C) groups is 1. The number of ether oxygens (including phenoxy) is 1. The molecule has 3 aliphatic heterocycles. The third-order valence-electron chi connectivity index (χ3n) is 7.20. The Morgan fingerprint density at radius 2 is 2.03 bits per heavy atom. The summed E-state index contributed by atoms with van der Waals surface area (Å²) in [7, 11) is 0. The molecule has 1 aromatic heterocycles. The van der Waals surface area contributed by atoms with Gasteiger partial charge in [0.05, 0.1) is 11.3 Å². The van der Waals surface area contributed by atoms with Gasteiger partial charge in [0, 0.05) is 52.7 Å². The molecule has 0 unspecified atom stereocenters. The van der Waals surface area contributed by atoms with E-state index in [2.05, 4.69) is 31.0 Å². The lowest BCUT2D eigenvalue weighted by Gasteiger charge is -2.34. The number of benzene rings is 2. The SMILES string of the molecule is CC(C)(C)OC(=O)N1C[C@H]2C[C@@H]1CN2CCO/N=C1/C(c2c(O)[nH]c3ccc(Br)cc23)=Nc2ccccc21. The van der Waals surface area contributed by atoms with Gasteiger partial charge in [0.25, 0.3) is 0 Å². The molecule has 198 valence electrons. The van der Waals surface area contributed by atoms with Crippen molar-refractivity contribution in [3.63, 3.8) is 0 Å². The van der Waals surface area contributed by atoms with E-state index in [-0.39, 0.29) is 18.0 Å². The standard InChI is InChI=1S/C28H30BrN5O4/c1-28(2,3)38-27(36)34-15-17-13-18(34)14-33(17)10-11-37-32-24-19-6-4-5-7-21(19)30-25(24)23-20-12-16(29)8-9-22(20)31-26(23)35/h4-9,12,17-18,31,35H,10-11,13-15H2,1-3H3/b32-24+/t17-,18-/m1/s1. The summed E-state index contributed by atoms with van der Waals surface area (Å²) in [5.74, 6) is 0.0417. The van der Waals surface area contributed by atoms with Crippen LogP contribution >= 0.6 is 15.9 Å². The van der Waals surface area contributed by atoms with E-state index in [1.54, 1.807) is 0 Å². The second kappa shape index (κ2) is 9.43. The van der Waals surface area contributed by atoms with Gasteiger partial charge in [-0.3, -0.25) is 4.90 Å². The van der Waals surface area contributed by atoms with Gasteiger partial charge in [0.15, 0.2) is 5.88 Å². The number of aromatic nitrogens is 1. The van der Waals surface area contributed by atoms with Crippen LogP contribution in [-0.4, -0.2) is 81.3 Å². The van der Waals surface area contributed by atoms with E-state index < -0.39 is 5.60 Å². The minimum absolute atomic E-state index is 0.0417. The quantitative estimate of drug-likeness (QED) is 0.320. The molecule has 4 heterocycles. The molecule has 2 N–H and O–H groups in total. The van der Waals surface area contributed by atoms with E-state index in [0.29, 0.717) is 42.7 Å². The van der Waals surface area contributed by atoms with Crippen LogP contribution in [-0.2, 0) is 9.57 Å². The van der Waals surface area contributed by atoms with E-state index in [0.717, 1.165) is 39.6 Å². The number of hydrogen-bond donors (Lipinski definition) is 2. The minimum Gasteiger partial charge on any atom is -0.494 e. The van der Waals surface area contributed by atoms with Gasteiger partial charge in [-0.15, -0.1) is 0 Å². The summed E-state index contributed by atoms with van der Waals surface area (Å²) in [6.45, 7) is 8.26. The molecule has 3 aromatic rings. The van der Waals surface area contributed by atoms with Crippen LogP contribution in [0.3, 0.4) is 0 Å². The van der Waals surface area contributed by atoms with E-state index >= 15 is 0 Å². The first kappa shape index (κ1) is 24.9. The summed E-state index contributed by atoms with van der Waals surface area (Å²) in [5, 5.41) is 16.2. The van der Waals surface area contributed by atoms with Gasteiger partial charge in [-0.1, -0.05) is 39.3 Å². The number of aromatic hydroxyl groups is 1. The van der Waals surface area contributed by atoms with E-state index in [4.69, 9.17) is 14.6 Å². The maximum Gasteiger partial charge on any atom is 0.410 e. The molecule has 2 fully saturated rings. The molecule has 6 rings (SSSR count). The Morgan fingerprint density at radius 1 is 1.21 bits per heavy atom. The van der Waals surface area contributed by atoms with Crippen molar-refractivity contribution < 1.29 is 19.5 Å². The third-order valence-corrected chi connectivity index (χ3v) is 7.69. The molecule has 2 saturated heterocycles. The van der Waals surface area contributed by atoms with Crippen LogP contribution in [0.1, 0.15) is 38.3 Å². The van der Waals surface area contributed by atoms with Gasteiger partial charge >= 0.3 is 6.09 Å². The molecule has 0 radical (unpaired) electrons. The van der Waals surface area contributed by atoms with Crippen molar-refractivity contribution in [3.05, 3.63) is 58.1 Å². The van der Waals surface area contributed by atoms with Gasteiger partial charge in [0.1, 0.15) is 23.6 Å². The first-order valence-electron chi connectivity index (χ1n) is 12.8. The second-order valence-corrected chi connectivity index (χ2v) is 11.9. The summed E-state index contributed by atoms with van der Waals surface area (Å²) < 4.78 is 6.47. The molecule has 9 nitrogen and oxygen atoms in total. The normalized spacial score (nSPS) is 21.8. The van der Waals surface area contributed by atoms with E-state index in [1.807, 2.05) is 68.1 Å². The van der Waals surface area contributed by atoms with Crippen molar-refractivity contribution in [2.45, 2.75) is 44.9 Å². The van der Waals surface area contributed by atoms with Crippen LogP contribution in [0, 0.1) is 0 Å². The summed E-state index contributed by atoms with van der Waals surface area (Å²) in [6, 6.07) is 14.0. The van der Waals surface area contributed by atoms with Crippen molar-refractivity contribution in [2.24, 2.45) is 10.1 Å². The second-order valence-electron chi connectivity index (χ2n) is 11.0. The highest BCUT2D eigenvalue weighted by Gasteiger charge is 2.46. The Morgan fingerprint density at radius 3 is 2.79 bits per heavy atom. The molecule has 2 atom stereocenters. The molecule has 0 saturated carbocycles. The lowest BCUT2D eigenvalue weighted by atomic mass is 10.0. The van der Waals surface area contributed by atoms with Crippen molar-refractivity contribution in [1.29, 1.82) is 0 Å². The lowest BCUT2D eigenvalue weighted by molar-refractivity contribution is 0.0104. The number of likely N-dealkylation sites (tertiary alicyclic amines) is 2. The number of hydrogen-bond acceptors (Lipinski definition) is 7. The number of carbonyl (C=O) groups is 1. The van der Waals surface area contributed by atoms with Crippen LogP contribution < -0.4 is 0 Å². The van der Waals surface area contributed by atoms with Crippen LogP contribution in [0.25, 0.3) is 10.9 Å². The number of amides is 1. The smallest absolute Gasteiger partial charge is 0.410 e. The predicted octanol–water partition coefficient (Wildman–Crippen LogP) is 5.18. The van der Waals surface area contributed by atoms with Crippen LogP contribution in [0.15, 0.2) is 57.1 Å². The molecular formula is C28H30BrN5O4. The first-order chi connectivity index (χ1) is 18.2. The minimum atomic E-state index is -0.493. The van der Waals surface area contributed by atoms with Crippen molar-refractivity contribution in [3.8, 4) is 5.88 Å². The van der Waals surface area contributed by atoms with Crippen LogP contribution in [0.2, 0.25) is 0 Å². The number of fused-ring (bicyclic) bond motifs is 4. The van der Waals surface area contributed by atoms with Crippen LogP contribution in [0.4, 0.5) is 10.5 Å². The fraction of sp³-hybridized carbons (Fsp3) is 0.393. The highest BCUT2D eigenvalue weighted by atomic mass is 79.9. The topological polar surface area (TPSA) is 103 Å². The number of aromatic amines is 1. The zero-order valence-electron chi connectivity index (χ0n) is 21.6. The number of halogens is 1. The summed E-state index contributed by atoms with van der Waals surface area (Å²) in [5.41, 5.74) is 3.72. The molecule has 0 aliphatic carbocycles. The molecule has 38 heavy (non-hydrogen) atoms. The lowest BCUT2D eigenvalue weighted by Crippen LogP contribution is -2.50. The Bertz CT molecular complexity index is 1470. The number of oxime groups is 1. The highest BCUT2D eigenvalue weighted by molar-refractivity contribution is 9.10. The molecule has 0 spiro atoms. The van der Waals surface area contributed by atoms with Gasteiger partial charge in [-0.25, -0.2) is 9.79 Å². The molecule has 1 amide bonds. The number of piperazine rings is 1. The fourth-order valence-corrected chi connectivity index (χ4v) is 5.93. The molecule has 2 aromatic carbocycles. The van der Waals surface area contributed by atoms with E-state index in [1.165, 1.54) is 0 Å². The third kappa shape index (κ3) is 4.56. The van der Waals surface area contributed by atoms with E-state index in [9.17, 15) is 9.90 Å². The first-order valence-corrected chi connectivity index (χ1v) is 13.6. The molecule has 10 heteroatoms. The number of nitrogens with zero attached hydrogens (tertiary/aromatic N) is 4. The highest BCUT2D eigenvalue weighted by Crippen LogP contribution is 2.37. The predicted molar refractivity (Wildman–Crippen MR) is 149 cm³/mol. The maximum atomic E-state index is 12.5. The number of para-hydroxylation sites is 1. The van der Waals surface area contributed by atoms with Gasteiger partial charge < -0.3 is 24.6 Å². The van der Waals surface area contributed by atoms with Gasteiger partial charge in [0.2, 0.25) is 0 Å². The Kier molecular flexibility index (Phi) is 6.19. The number of nitrogens with one attached hydrogen (secondary N) is 1. The van der Waals surface area contributed by atoms with Gasteiger partial charge in [-0.2, -0.15) is 0 Å². The molecular weight excluding hydrogens is 550 g/mol. The fourth-order valence-electron chi connectivity index (χ4n) is 5.56. The average molecular weight is 580 g/mol. The number of rotatable bonds is 5. The maximum absolute atomic E-state index is 12.5. The van der Waals surface area contributed by atoms with Crippen LogP contribution in [0.5, 0.6) is 5.88 Å². The molecule has 3 aliphatic rings. The van der Waals surface area contributed by atoms with Crippen molar-refractivity contribution in [2.75, 3.05) is 26.2 Å². The van der Waals surface area contributed by atoms with Crippen molar-refractivity contribution in [1.82, 2.24) is 14.8 Å². The van der Waals surface area contributed by atoms with Gasteiger partial charge in [-0.05, 0) is 51.5 Å². The average Bonchev–Trinajstić information content (AvgIpc) is 3.61. The Labute approximate surface area is 229 Å². The number of carbonyl (C=O) groups excluding carboxylic acids is 1. The number of H-pyrrole nitrogens is 1. The largest absolute Gasteiger partial charge is 0.494 e. The Balaban J connectivity index is 1.15. The summed E-state index contributed by atoms with van der Waals surface area (Å²) >= 11 is 3.53.